The third-order valence-electron chi connectivity index (χ3n) is 5.29. The molecule has 32 heavy (non-hydrogen) atoms. The van der Waals surface area contributed by atoms with Crippen molar-refractivity contribution < 1.29 is 0 Å². The number of nitriles is 1. The highest BCUT2D eigenvalue weighted by atomic mass is 32.2. The summed E-state index contributed by atoms with van der Waals surface area (Å²) in [7, 11) is 0. The second-order valence-corrected chi connectivity index (χ2v) is 8.56. The first-order valence-electron chi connectivity index (χ1n) is 10.6. The van der Waals surface area contributed by atoms with Crippen LogP contribution in [-0.4, -0.2) is 14.8 Å². The molecular weight excluding hydrogens is 414 g/mol. The zero-order valence-corrected chi connectivity index (χ0v) is 18.6. The van der Waals surface area contributed by atoms with Gasteiger partial charge in [0.15, 0.2) is 11.0 Å². The molecule has 160 valence electrons. The summed E-state index contributed by atoms with van der Waals surface area (Å²) in [5.41, 5.74) is 10.8. The quantitative estimate of drug-likeness (QED) is 0.374. The smallest absolute Gasteiger partial charge is 0.191 e. The summed E-state index contributed by atoms with van der Waals surface area (Å²) in [4.78, 5) is 0. The van der Waals surface area contributed by atoms with Crippen molar-refractivity contribution >= 4 is 11.8 Å². The number of nitrogens with zero attached hydrogens (tertiary/aromatic N) is 4. The van der Waals surface area contributed by atoms with Crippen LogP contribution in [0.4, 0.5) is 0 Å². The standard InChI is InChI=1S/C26H25N5S/c27-18-22-11-13-23(14-12-22)19-32-26-30-29-25(24(28)17-21-9-5-2-6-10-21)31(26)16-15-20-7-3-1-4-8-20/h1-14,24H,15-17,19,28H2/t24-/m0/s1. The maximum absolute atomic E-state index is 9.00. The molecule has 1 aromatic heterocycles. The van der Waals surface area contributed by atoms with Gasteiger partial charge in [-0.3, -0.25) is 0 Å². The van der Waals surface area contributed by atoms with Crippen LogP contribution in [0.25, 0.3) is 0 Å². The number of nitrogens with two attached hydrogens (primary N) is 1. The van der Waals surface area contributed by atoms with E-state index >= 15 is 0 Å². The summed E-state index contributed by atoms with van der Waals surface area (Å²) in [6.45, 7) is 0.768. The molecule has 4 rings (SSSR count). The fourth-order valence-corrected chi connectivity index (χ4v) is 4.49. The van der Waals surface area contributed by atoms with Gasteiger partial charge in [-0.05, 0) is 41.7 Å². The van der Waals surface area contributed by atoms with Crippen LogP contribution < -0.4 is 5.73 Å². The molecule has 0 saturated heterocycles. The van der Waals surface area contributed by atoms with E-state index in [0.717, 1.165) is 35.3 Å². The minimum Gasteiger partial charge on any atom is -0.321 e. The van der Waals surface area contributed by atoms with E-state index in [-0.39, 0.29) is 6.04 Å². The first kappa shape index (κ1) is 21.8. The Balaban J connectivity index is 1.53. The first-order valence-corrected chi connectivity index (χ1v) is 11.6. The van der Waals surface area contributed by atoms with E-state index in [9.17, 15) is 0 Å². The Hall–Kier alpha value is -3.40. The van der Waals surface area contributed by atoms with Gasteiger partial charge in [0.25, 0.3) is 0 Å². The van der Waals surface area contributed by atoms with Crippen molar-refractivity contribution in [1.82, 2.24) is 14.8 Å². The van der Waals surface area contributed by atoms with Gasteiger partial charge in [-0.2, -0.15) is 5.26 Å². The molecule has 2 N–H and O–H groups in total. The van der Waals surface area contributed by atoms with Crippen LogP contribution in [0, 0.1) is 11.3 Å². The highest BCUT2D eigenvalue weighted by molar-refractivity contribution is 7.98. The van der Waals surface area contributed by atoms with Gasteiger partial charge in [-0.15, -0.1) is 10.2 Å². The van der Waals surface area contributed by atoms with Gasteiger partial charge < -0.3 is 10.3 Å². The number of hydrogen-bond donors (Lipinski definition) is 1. The Morgan fingerprint density at radius 1 is 0.844 bits per heavy atom. The molecule has 0 spiro atoms. The number of thioether (sulfide) groups is 1. The lowest BCUT2D eigenvalue weighted by atomic mass is 10.1. The highest BCUT2D eigenvalue weighted by Gasteiger charge is 2.19. The Labute approximate surface area is 192 Å². The van der Waals surface area contributed by atoms with Crippen LogP contribution in [0.5, 0.6) is 0 Å². The summed E-state index contributed by atoms with van der Waals surface area (Å²) in [6.07, 6.45) is 1.60. The van der Waals surface area contributed by atoms with Gasteiger partial charge in [0.1, 0.15) is 0 Å². The molecule has 0 saturated carbocycles. The molecule has 5 nitrogen and oxygen atoms in total. The van der Waals surface area contributed by atoms with E-state index < -0.39 is 0 Å². The van der Waals surface area contributed by atoms with Gasteiger partial charge in [0.05, 0.1) is 17.7 Å². The van der Waals surface area contributed by atoms with Gasteiger partial charge in [0, 0.05) is 12.3 Å². The average molecular weight is 440 g/mol. The molecule has 3 aromatic carbocycles. The average Bonchev–Trinajstić information content (AvgIpc) is 3.26. The summed E-state index contributed by atoms with van der Waals surface area (Å²) in [5, 5.41) is 18.8. The molecule has 1 atom stereocenters. The SMILES string of the molecule is N#Cc1ccc(CSc2nnc([C@@H](N)Cc3ccccc3)n2CCc2ccccc2)cc1. The zero-order chi connectivity index (χ0) is 22.2. The summed E-state index contributed by atoms with van der Waals surface area (Å²) in [5.74, 6) is 1.57. The number of aryl methyl sites for hydroxylation is 1. The number of hydrogen-bond acceptors (Lipinski definition) is 5. The topological polar surface area (TPSA) is 80.5 Å². The minimum atomic E-state index is -0.232. The summed E-state index contributed by atoms with van der Waals surface area (Å²) < 4.78 is 2.16. The fourth-order valence-electron chi connectivity index (χ4n) is 3.56. The number of benzene rings is 3. The summed E-state index contributed by atoms with van der Waals surface area (Å²) in [6, 6.07) is 30.2. The molecule has 1 heterocycles. The van der Waals surface area contributed by atoms with Crippen molar-refractivity contribution in [2.24, 2.45) is 5.73 Å². The van der Waals surface area contributed by atoms with E-state index in [2.05, 4.69) is 57.2 Å². The Bertz CT molecular complexity index is 1160. The lowest BCUT2D eigenvalue weighted by molar-refractivity contribution is 0.554. The maximum atomic E-state index is 9.00. The van der Waals surface area contributed by atoms with Crippen LogP contribution in [0.2, 0.25) is 0 Å². The van der Waals surface area contributed by atoms with Crippen molar-refractivity contribution in [3.05, 3.63) is 113 Å². The van der Waals surface area contributed by atoms with Crippen molar-refractivity contribution in [1.29, 1.82) is 5.26 Å². The van der Waals surface area contributed by atoms with Crippen LogP contribution in [-0.2, 0) is 25.1 Å². The van der Waals surface area contributed by atoms with Crippen LogP contribution >= 0.6 is 11.8 Å². The maximum Gasteiger partial charge on any atom is 0.191 e. The number of rotatable bonds is 9. The Morgan fingerprint density at radius 3 is 2.16 bits per heavy atom. The van der Waals surface area contributed by atoms with Crippen molar-refractivity contribution in [2.75, 3.05) is 0 Å². The van der Waals surface area contributed by atoms with Crippen LogP contribution in [0.3, 0.4) is 0 Å². The predicted octanol–water partition coefficient (Wildman–Crippen LogP) is 4.93. The lowest BCUT2D eigenvalue weighted by Crippen LogP contribution is -2.20. The third-order valence-corrected chi connectivity index (χ3v) is 6.33. The molecule has 4 aromatic rings. The van der Waals surface area contributed by atoms with E-state index in [0.29, 0.717) is 12.0 Å². The van der Waals surface area contributed by atoms with Gasteiger partial charge in [-0.1, -0.05) is 84.6 Å². The molecule has 6 heteroatoms. The Morgan fingerprint density at radius 2 is 1.50 bits per heavy atom. The third kappa shape index (κ3) is 5.64. The van der Waals surface area contributed by atoms with Gasteiger partial charge in [0.2, 0.25) is 0 Å². The second kappa shape index (κ2) is 10.8. The van der Waals surface area contributed by atoms with Crippen LogP contribution in [0.15, 0.2) is 90.1 Å². The molecule has 0 unspecified atom stereocenters. The molecule has 0 fully saturated rings. The van der Waals surface area contributed by atoms with E-state index in [4.69, 9.17) is 11.0 Å². The lowest BCUT2D eigenvalue weighted by Gasteiger charge is -2.15. The Kier molecular flexibility index (Phi) is 7.34. The normalized spacial score (nSPS) is 11.8. The fraction of sp³-hybridized carbons (Fsp3) is 0.192. The van der Waals surface area contributed by atoms with Gasteiger partial charge in [-0.25, -0.2) is 0 Å². The first-order chi connectivity index (χ1) is 15.7. The molecule has 0 aliphatic rings. The van der Waals surface area contributed by atoms with Gasteiger partial charge >= 0.3 is 0 Å². The van der Waals surface area contributed by atoms with Crippen molar-refractivity contribution in [3.8, 4) is 6.07 Å². The predicted molar refractivity (Wildman–Crippen MR) is 128 cm³/mol. The van der Waals surface area contributed by atoms with E-state index in [1.165, 1.54) is 11.1 Å². The molecule has 0 bridgehead atoms. The van der Waals surface area contributed by atoms with E-state index in [1.54, 1.807) is 11.8 Å². The molecule has 0 amide bonds. The zero-order valence-electron chi connectivity index (χ0n) is 17.8. The molecule has 0 aliphatic carbocycles. The highest BCUT2D eigenvalue weighted by Crippen LogP contribution is 2.25. The van der Waals surface area contributed by atoms with Crippen molar-refractivity contribution in [2.45, 2.75) is 36.3 Å². The van der Waals surface area contributed by atoms with E-state index in [1.807, 2.05) is 48.5 Å². The van der Waals surface area contributed by atoms with Crippen molar-refractivity contribution in [3.63, 3.8) is 0 Å². The molecular formula is C26H25N5S. The summed E-state index contributed by atoms with van der Waals surface area (Å²) >= 11 is 1.64. The largest absolute Gasteiger partial charge is 0.321 e. The second-order valence-electron chi connectivity index (χ2n) is 7.62. The molecule has 0 aliphatic heterocycles. The monoisotopic (exact) mass is 439 g/mol. The van der Waals surface area contributed by atoms with Crippen LogP contribution in [0.1, 0.15) is 34.1 Å². The number of aromatic nitrogens is 3. The molecule has 0 radical (unpaired) electrons. The minimum absolute atomic E-state index is 0.232.